The fraction of sp³-hybridized carbons (Fsp3) is 0.250. The van der Waals surface area contributed by atoms with E-state index in [4.69, 9.17) is 9.84 Å². The molecular formula is C24H26FN3O7S. The molecule has 0 saturated carbocycles. The summed E-state index contributed by atoms with van der Waals surface area (Å²) in [5.74, 6) is -0.954. The Morgan fingerprint density at radius 1 is 1.14 bits per heavy atom. The molecule has 1 aromatic heterocycles. The monoisotopic (exact) mass is 519 g/mol. The van der Waals surface area contributed by atoms with Crippen LogP contribution < -0.4 is 10.1 Å². The number of halogens is 1. The number of nitrogens with one attached hydrogen (secondary N) is 1. The van der Waals surface area contributed by atoms with Crippen molar-refractivity contribution in [2.45, 2.75) is 17.9 Å². The van der Waals surface area contributed by atoms with E-state index in [1.165, 1.54) is 61.8 Å². The van der Waals surface area contributed by atoms with Crippen molar-refractivity contribution in [3.8, 4) is 17.0 Å². The smallest absolute Gasteiger partial charge is 0.407 e. The number of aliphatic hydroxyl groups excluding tert-OH is 1. The molecule has 192 valence electrons. The van der Waals surface area contributed by atoms with Gasteiger partial charge in [-0.3, -0.25) is 4.79 Å². The highest BCUT2D eigenvalue weighted by molar-refractivity contribution is 7.90. The fourth-order valence-electron chi connectivity index (χ4n) is 3.33. The van der Waals surface area contributed by atoms with Crippen LogP contribution in [0.4, 0.5) is 9.18 Å². The zero-order valence-corrected chi connectivity index (χ0v) is 20.2. The number of carbonyl (C=O) groups is 2. The summed E-state index contributed by atoms with van der Waals surface area (Å²) in [7, 11) is -2.94. The fourth-order valence-corrected chi connectivity index (χ4v) is 4.76. The first kappa shape index (κ1) is 26.7. The van der Waals surface area contributed by atoms with Crippen LogP contribution in [-0.4, -0.2) is 66.3 Å². The van der Waals surface area contributed by atoms with Gasteiger partial charge in [0.15, 0.2) is 6.61 Å². The van der Waals surface area contributed by atoms with E-state index in [0.717, 1.165) is 8.87 Å². The summed E-state index contributed by atoms with van der Waals surface area (Å²) >= 11 is 0. The summed E-state index contributed by atoms with van der Waals surface area (Å²) in [4.78, 5) is 23.9. The van der Waals surface area contributed by atoms with Gasteiger partial charge in [0.25, 0.3) is 15.9 Å². The van der Waals surface area contributed by atoms with E-state index in [1.54, 1.807) is 6.07 Å². The van der Waals surface area contributed by atoms with E-state index in [-0.39, 0.29) is 48.2 Å². The van der Waals surface area contributed by atoms with Crippen LogP contribution in [-0.2, 0) is 21.4 Å². The van der Waals surface area contributed by atoms with Crippen molar-refractivity contribution in [3.05, 3.63) is 72.2 Å². The molecule has 3 aromatic rings. The van der Waals surface area contributed by atoms with Crippen LogP contribution >= 0.6 is 0 Å². The molecule has 0 saturated heterocycles. The summed E-state index contributed by atoms with van der Waals surface area (Å²) in [6.07, 6.45) is 0.437. The molecule has 0 unspecified atom stereocenters. The number of carbonyl (C=O) groups excluding carboxylic acids is 1. The number of aliphatic hydroxyl groups is 1. The molecule has 2 aromatic carbocycles. The average Bonchev–Trinajstić information content (AvgIpc) is 3.27. The molecule has 0 radical (unpaired) electrons. The second-order valence-corrected chi connectivity index (χ2v) is 9.66. The maximum absolute atomic E-state index is 14.6. The van der Waals surface area contributed by atoms with Crippen LogP contribution in [0.2, 0.25) is 0 Å². The van der Waals surface area contributed by atoms with Gasteiger partial charge in [0.1, 0.15) is 11.6 Å². The number of amides is 2. The van der Waals surface area contributed by atoms with Gasteiger partial charge in [-0.15, -0.1) is 0 Å². The SMILES string of the molecule is CN(Cc1cc(-c2ccccc2F)n(S(=O)(=O)c2cccc(OCC(=O)NCCCO)c2)c1)C(=O)O. The van der Waals surface area contributed by atoms with Gasteiger partial charge < -0.3 is 25.2 Å². The normalized spacial score (nSPS) is 11.2. The first-order valence-corrected chi connectivity index (χ1v) is 12.3. The Morgan fingerprint density at radius 3 is 2.58 bits per heavy atom. The minimum Gasteiger partial charge on any atom is -0.484 e. The number of aromatic nitrogens is 1. The third-order valence-electron chi connectivity index (χ3n) is 5.13. The molecule has 3 rings (SSSR count). The average molecular weight is 520 g/mol. The second-order valence-electron chi connectivity index (χ2n) is 7.84. The van der Waals surface area contributed by atoms with Crippen LogP contribution in [0, 0.1) is 5.82 Å². The molecular weight excluding hydrogens is 493 g/mol. The number of hydrogen-bond donors (Lipinski definition) is 3. The molecule has 10 nitrogen and oxygen atoms in total. The van der Waals surface area contributed by atoms with E-state index in [2.05, 4.69) is 5.32 Å². The highest BCUT2D eigenvalue weighted by Crippen LogP contribution is 2.30. The molecule has 0 aliphatic heterocycles. The molecule has 0 fully saturated rings. The van der Waals surface area contributed by atoms with Crippen LogP contribution in [0.15, 0.2) is 65.7 Å². The molecule has 0 atom stereocenters. The lowest BCUT2D eigenvalue weighted by Crippen LogP contribution is -2.30. The maximum Gasteiger partial charge on any atom is 0.407 e. The third-order valence-corrected chi connectivity index (χ3v) is 6.80. The number of benzene rings is 2. The van der Waals surface area contributed by atoms with Gasteiger partial charge in [-0.25, -0.2) is 21.6 Å². The number of nitrogens with zero attached hydrogens (tertiary/aromatic N) is 2. The zero-order valence-electron chi connectivity index (χ0n) is 19.4. The topological polar surface area (TPSA) is 138 Å². The summed E-state index contributed by atoms with van der Waals surface area (Å²) in [6.45, 7) is -0.263. The van der Waals surface area contributed by atoms with Gasteiger partial charge >= 0.3 is 6.09 Å². The van der Waals surface area contributed by atoms with Gasteiger partial charge in [0.05, 0.1) is 17.1 Å². The van der Waals surface area contributed by atoms with Gasteiger partial charge in [-0.05, 0) is 42.3 Å². The Kier molecular flexibility index (Phi) is 8.67. The van der Waals surface area contributed by atoms with E-state index >= 15 is 0 Å². The van der Waals surface area contributed by atoms with Crippen molar-refractivity contribution in [3.63, 3.8) is 0 Å². The summed E-state index contributed by atoms with van der Waals surface area (Å²) in [5, 5.41) is 20.5. The largest absolute Gasteiger partial charge is 0.484 e. The molecule has 3 N–H and O–H groups in total. The van der Waals surface area contributed by atoms with Crippen molar-refractivity contribution in [2.75, 3.05) is 26.8 Å². The van der Waals surface area contributed by atoms with Crippen molar-refractivity contribution in [1.29, 1.82) is 0 Å². The van der Waals surface area contributed by atoms with E-state index in [9.17, 15) is 27.5 Å². The van der Waals surface area contributed by atoms with Crippen LogP contribution in [0.3, 0.4) is 0 Å². The molecule has 0 aliphatic rings. The number of ether oxygens (including phenoxy) is 1. The lowest BCUT2D eigenvalue weighted by Gasteiger charge is -2.13. The summed E-state index contributed by atoms with van der Waals surface area (Å²) in [6, 6.07) is 12.6. The minimum absolute atomic E-state index is 0.0245. The highest BCUT2D eigenvalue weighted by Gasteiger charge is 2.24. The predicted octanol–water partition coefficient (Wildman–Crippen LogP) is 2.52. The number of hydrogen-bond acceptors (Lipinski definition) is 6. The molecule has 0 aliphatic carbocycles. The van der Waals surface area contributed by atoms with Gasteiger partial charge in [0.2, 0.25) is 0 Å². The van der Waals surface area contributed by atoms with Crippen LogP contribution in [0.1, 0.15) is 12.0 Å². The Balaban J connectivity index is 1.95. The zero-order chi connectivity index (χ0) is 26.3. The van der Waals surface area contributed by atoms with E-state index in [1.807, 2.05) is 0 Å². The van der Waals surface area contributed by atoms with Crippen LogP contribution in [0.25, 0.3) is 11.3 Å². The highest BCUT2D eigenvalue weighted by atomic mass is 32.2. The first-order valence-electron chi connectivity index (χ1n) is 10.9. The Bertz CT molecular complexity index is 1340. The molecule has 12 heteroatoms. The molecule has 1 heterocycles. The van der Waals surface area contributed by atoms with Crippen molar-refractivity contribution < 1.29 is 37.3 Å². The minimum atomic E-state index is -4.27. The van der Waals surface area contributed by atoms with E-state index in [0.29, 0.717) is 12.0 Å². The number of carboxylic acid groups (broad SMARTS) is 1. The second kappa shape index (κ2) is 11.7. The standard InChI is InChI=1S/C24H26FN3O7S/c1-27(24(31)32)14-17-12-22(20-8-2-3-9-21(20)25)28(15-17)36(33,34)19-7-4-6-18(13-19)35-16-23(30)26-10-5-11-29/h2-4,6-9,12-13,15,29H,5,10-11,14,16H2,1H3,(H,26,30)(H,31,32). The van der Waals surface area contributed by atoms with Crippen molar-refractivity contribution in [1.82, 2.24) is 14.2 Å². The molecule has 2 amide bonds. The Labute approximate surface area is 207 Å². The predicted molar refractivity (Wildman–Crippen MR) is 129 cm³/mol. The van der Waals surface area contributed by atoms with Crippen molar-refractivity contribution in [2.24, 2.45) is 0 Å². The van der Waals surface area contributed by atoms with Gasteiger partial charge in [-0.2, -0.15) is 0 Å². The third kappa shape index (κ3) is 6.40. The van der Waals surface area contributed by atoms with Crippen molar-refractivity contribution >= 4 is 22.0 Å². The quantitative estimate of drug-likeness (QED) is 0.331. The van der Waals surface area contributed by atoms with Crippen LogP contribution in [0.5, 0.6) is 5.75 Å². The van der Waals surface area contributed by atoms with Gasteiger partial charge in [-0.1, -0.05) is 18.2 Å². The number of rotatable bonds is 11. The van der Waals surface area contributed by atoms with E-state index < -0.39 is 27.8 Å². The first-order chi connectivity index (χ1) is 17.1. The Morgan fingerprint density at radius 2 is 1.89 bits per heavy atom. The molecule has 36 heavy (non-hydrogen) atoms. The Hall–Kier alpha value is -3.90. The molecule has 0 bridgehead atoms. The molecule has 0 spiro atoms. The lowest BCUT2D eigenvalue weighted by atomic mass is 10.1. The summed E-state index contributed by atoms with van der Waals surface area (Å²) in [5.41, 5.74) is 0.391. The lowest BCUT2D eigenvalue weighted by molar-refractivity contribution is -0.123. The summed E-state index contributed by atoms with van der Waals surface area (Å²) < 4.78 is 48.1. The van der Waals surface area contributed by atoms with Gasteiger partial charge in [0, 0.05) is 38.0 Å². The maximum atomic E-state index is 14.6.